The van der Waals surface area contributed by atoms with Crippen LogP contribution in [0.15, 0.2) is 60.0 Å². The number of hydrogen-bond donors (Lipinski definition) is 1. The number of benzene rings is 2. The van der Waals surface area contributed by atoms with Crippen LogP contribution in [0.4, 0.5) is 5.69 Å². The Kier molecular flexibility index (Phi) is 7.41. The van der Waals surface area contributed by atoms with Crippen molar-refractivity contribution in [3.05, 3.63) is 70.4 Å². The highest BCUT2D eigenvalue weighted by Gasteiger charge is 2.35. The van der Waals surface area contributed by atoms with Crippen LogP contribution in [0.5, 0.6) is 17.2 Å². The molecule has 0 unspecified atom stereocenters. The lowest BCUT2D eigenvalue weighted by Gasteiger charge is -2.33. The number of rotatable bonds is 8. The molecule has 2 aliphatic rings. The molecule has 2 amide bonds. The van der Waals surface area contributed by atoms with Crippen LogP contribution >= 0.6 is 11.3 Å². The zero-order valence-electron chi connectivity index (χ0n) is 20.3. The van der Waals surface area contributed by atoms with Gasteiger partial charge in [-0.3, -0.25) is 14.5 Å². The van der Waals surface area contributed by atoms with E-state index in [1.807, 2.05) is 47.8 Å². The largest absolute Gasteiger partial charge is 0.497 e. The molecule has 7 nitrogen and oxygen atoms in total. The van der Waals surface area contributed by atoms with Crippen LogP contribution in [-0.4, -0.2) is 31.8 Å². The number of fused-ring (bicyclic) bond motifs is 1. The van der Waals surface area contributed by atoms with Crippen molar-refractivity contribution in [2.45, 2.75) is 50.6 Å². The number of ether oxygens (including phenoxy) is 3. The van der Waals surface area contributed by atoms with E-state index in [0.717, 1.165) is 30.6 Å². The summed E-state index contributed by atoms with van der Waals surface area (Å²) in [6, 6.07) is 15.8. The van der Waals surface area contributed by atoms with Gasteiger partial charge in [0.1, 0.15) is 11.8 Å². The molecule has 2 heterocycles. The predicted molar refractivity (Wildman–Crippen MR) is 139 cm³/mol. The Morgan fingerprint density at radius 3 is 2.56 bits per heavy atom. The maximum absolute atomic E-state index is 13.9. The molecule has 5 rings (SSSR count). The summed E-state index contributed by atoms with van der Waals surface area (Å²) in [5, 5.41) is 5.19. The second kappa shape index (κ2) is 11.0. The molecule has 0 saturated heterocycles. The molecule has 1 aromatic heterocycles. The molecule has 1 N–H and O–H groups in total. The molecule has 36 heavy (non-hydrogen) atoms. The van der Waals surface area contributed by atoms with Crippen molar-refractivity contribution in [2.75, 3.05) is 18.8 Å². The average molecular weight is 507 g/mol. The monoisotopic (exact) mass is 506 g/mol. The number of carbonyl (C=O) groups excluding carboxylic acids is 2. The van der Waals surface area contributed by atoms with Crippen LogP contribution in [-0.2, 0) is 16.0 Å². The Hall–Kier alpha value is -3.52. The van der Waals surface area contributed by atoms with E-state index in [0.29, 0.717) is 28.5 Å². The Morgan fingerprint density at radius 1 is 1.06 bits per heavy atom. The molecule has 2 aromatic carbocycles. The highest BCUT2D eigenvalue weighted by atomic mass is 32.1. The third kappa shape index (κ3) is 5.33. The summed E-state index contributed by atoms with van der Waals surface area (Å²) in [4.78, 5) is 30.4. The fourth-order valence-corrected chi connectivity index (χ4v) is 5.55. The molecule has 1 saturated carbocycles. The third-order valence-electron chi connectivity index (χ3n) is 6.70. The average Bonchev–Trinajstić information content (AvgIpc) is 3.59. The smallest absolute Gasteiger partial charge is 0.248 e. The predicted octanol–water partition coefficient (Wildman–Crippen LogP) is 5.25. The zero-order chi connectivity index (χ0) is 24.9. The van der Waals surface area contributed by atoms with Crippen molar-refractivity contribution < 1.29 is 23.8 Å². The summed E-state index contributed by atoms with van der Waals surface area (Å²) in [6.07, 6.45) is 5.48. The Morgan fingerprint density at radius 2 is 1.83 bits per heavy atom. The molecule has 0 radical (unpaired) electrons. The Bertz CT molecular complexity index is 1190. The van der Waals surface area contributed by atoms with Crippen LogP contribution in [0.25, 0.3) is 0 Å². The van der Waals surface area contributed by atoms with Crippen LogP contribution in [0.3, 0.4) is 0 Å². The van der Waals surface area contributed by atoms with E-state index < -0.39 is 6.04 Å². The molecular weight excluding hydrogens is 476 g/mol. The standard InChI is InChI=1S/C28H30N2O5S/c1-33-22-12-9-19(10-13-22)27(28(32)29-20-6-3-2-4-7-20)30(26(31)17-23-8-5-15-36-23)21-11-14-24-25(16-21)35-18-34-24/h5,8-16,20,27H,2-4,6-7,17-18H2,1H3,(H,29,32)/t27-/m1/s1. The summed E-state index contributed by atoms with van der Waals surface area (Å²) >= 11 is 1.52. The minimum atomic E-state index is -0.856. The molecular formula is C28H30N2O5S. The number of thiophene rings is 1. The van der Waals surface area contributed by atoms with E-state index in [4.69, 9.17) is 14.2 Å². The van der Waals surface area contributed by atoms with E-state index in [1.165, 1.54) is 17.8 Å². The highest BCUT2D eigenvalue weighted by molar-refractivity contribution is 7.10. The van der Waals surface area contributed by atoms with E-state index in [-0.39, 0.29) is 31.1 Å². The van der Waals surface area contributed by atoms with Crippen LogP contribution in [0.1, 0.15) is 48.6 Å². The maximum atomic E-state index is 13.9. The first-order chi connectivity index (χ1) is 17.6. The summed E-state index contributed by atoms with van der Waals surface area (Å²) in [5.74, 6) is 1.50. The van der Waals surface area contributed by atoms with Crippen molar-refractivity contribution in [2.24, 2.45) is 0 Å². The van der Waals surface area contributed by atoms with Gasteiger partial charge < -0.3 is 19.5 Å². The second-order valence-corrected chi connectivity index (χ2v) is 10.1. The van der Waals surface area contributed by atoms with E-state index >= 15 is 0 Å². The van der Waals surface area contributed by atoms with E-state index in [2.05, 4.69) is 5.32 Å². The number of nitrogens with zero attached hydrogens (tertiary/aromatic N) is 1. The van der Waals surface area contributed by atoms with Gasteiger partial charge in [-0.15, -0.1) is 11.3 Å². The van der Waals surface area contributed by atoms with Crippen LogP contribution in [0.2, 0.25) is 0 Å². The molecule has 8 heteroatoms. The summed E-state index contributed by atoms with van der Waals surface area (Å²) in [6.45, 7) is 0.131. The minimum absolute atomic E-state index is 0.109. The lowest BCUT2D eigenvalue weighted by atomic mass is 9.94. The number of anilines is 1. The van der Waals surface area contributed by atoms with Gasteiger partial charge in [0.2, 0.25) is 18.6 Å². The van der Waals surface area contributed by atoms with Gasteiger partial charge in [0.25, 0.3) is 0 Å². The number of nitrogens with one attached hydrogen (secondary N) is 1. The van der Waals surface area contributed by atoms with Crippen molar-refractivity contribution >= 4 is 28.8 Å². The molecule has 1 fully saturated rings. The number of amides is 2. The zero-order valence-corrected chi connectivity index (χ0v) is 21.1. The van der Waals surface area contributed by atoms with Gasteiger partial charge in [0.15, 0.2) is 11.5 Å². The van der Waals surface area contributed by atoms with Crippen LogP contribution in [0, 0.1) is 0 Å². The number of hydrogen-bond acceptors (Lipinski definition) is 6. The first-order valence-corrected chi connectivity index (χ1v) is 13.2. The molecule has 0 spiro atoms. The van der Waals surface area contributed by atoms with Crippen molar-refractivity contribution in [3.63, 3.8) is 0 Å². The molecule has 188 valence electrons. The molecule has 3 aromatic rings. The fourth-order valence-electron chi connectivity index (χ4n) is 4.85. The lowest BCUT2D eigenvalue weighted by molar-refractivity contribution is -0.127. The quantitative estimate of drug-likeness (QED) is 0.452. The summed E-state index contributed by atoms with van der Waals surface area (Å²) in [5.41, 5.74) is 1.29. The number of carbonyl (C=O) groups is 2. The van der Waals surface area contributed by atoms with Gasteiger partial charge in [-0.1, -0.05) is 37.5 Å². The van der Waals surface area contributed by atoms with Crippen molar-refractivity contribution in [3.8, 4) is 17.2 Å². The molecule has 0 bridgehead atoms. The van der Waals surface area contributed by atoms with Crippen LogP contribution < -0.4 is 24.4 Å². The van der Waals surface area contributed by atoms with Gasteiger partial charge in [-0.2, -0.15) is 0 Å². The van der Waals surface area contributed by atoms with Gasteiger partial charge in [-0.05, 0) is 54.1 Å². The number of methoxy groups -OCH3 is 1. The highest BCUT2D eigenvalue weighted by Crippen LogP contribution is 2.39. The Balaban J connectivity index is 1.55. The SMILES string of the molecule is COc1ccc([C@H](C(=O)NC2CCCCC2)N(C(=O)Cc2cccs2)c2ccc3c(c2)OCO3)cc1. The second-order valence-electron chi connectivity index (χ2n) is 9.08. The molecule has 1 aliphatic heterocycles. The minimum Gasteiger partial charge on any atom is -0.497 e. The van der Waals surface area contributed by atoms with E-state index in [1.54, 1.807) is 24.1 Å². The normalized spacial score (nSPS) is 15.8. The van der Waals surface area contributed by atoms with E-state index in [9.17, 15) is 9.59 Å². The fraction of sp³-hybridized carbons (Fsp3) is 0.357. The van der Waals surface area contributed by atoms with Crippen molar-refractivity contribution in [1.29, 1.82) is 0 Å². The van der Waals surface area contributed by atoms with Gasteiger partial charge >= 0.3 is 0 Å². The van der Waals surface area contributed by atoms with Crippen molar-refractivity contribution in [1.82, 2.24) is 5.32 Å². The Labute approximate surface area is 215 Å². The topological polar surface area (TPSA) is 77.1 Å². The van der Waals surface area contributed by atoms with Gasteiger partial charge in [-0.25, -0.2) is 0 Å². The summed E-state index contributed by atoms with van der Waals surface area (Å²) in [7, 11) is 1.60. The lowest BCUT2D eigenvalue weighted by Crippen LogP contribution is -2.47. The third-order valence-corrected chi connectivity index (χ3v) is 7.57. The molecule has 1 atom stereocenters. The van der Waals surface area contributed by atoms with Gasteiger partial charge in [0, 0.05) is 22.7 Å². The van der Waals surface area contributed by atoms with Gasteiger partial charge in [0.05, 0.1) is 13.5 Å². The first-order valence-electron chi connectivity index (χ1n) is 12.3. The molecule has 1 aliphatic carbocycles. The first kappa shape index (κ1) is 24.2. The maximum Gasteiger partial charge on any atom is 0.248 e. The summed E-state index contributed by atoms with van der Waals surface area (Å²) < 4.78 is 16.4.